The minimum absolute atomic E-state index is 0.177. The van der Waals surface area contributed by atoms with Gasteiger partial charge in [-0.05, 0) is 42.5 Å². The number of halogens is 3. The molecule has 0 aliphatic rings. The zero-order valence-corrected chi connectivity index (χ0v) is 17.1. The predicted octanol–water partition coefficient (Wildman–Crippen LogP) is 3.64. The van der Waals surface area contributed by atoms with Gasteiger partial charge in [-0.1, -0.05) is 22.9 Å². The van der Waals surface area contributed by atoms with Gasteiger partial charge in [-0.25, -0.2) is 26.9 Å². The lowest BCUT2D eigenvalue weighted by Crippen LogP contribution is -2.15. The summed E-state index contributed by atoms with van der Waals surface area (Å²) in [5.74, 6) is -1.83. The fourth-order valence-electron chi connectivity index (χ4n) is 2.73. The average Bonchev–Trinajstić information content (AvgIpc) is 3.20. The summed E-state index contributed by atoms with van der Waals surface area (Å²) < 4.78 is 57.6. The maximum absolute atomic E-state index is 15.1. The molecular formula is C19H13ClF2N6O2S. The molecule has 0 saturated carbocycles. The van der Waals surface area contributed by atoms with Gasteiger partial charge in [0.15, 0.2) is 11.6 Å². The van der Waals surface area contributed by atoms with Crippen LogP contribution < -0.4 is 10.5 Å². The van der Waals surface area contributed by atoms with Crippen LogP contribution in [-0.4, -0.2) is 28.4 Å². The van der Waals surface area contributed by atoms with Crippen LogP contribution in [0.15, 0.2) is 65.8 Å². The van der Waals surface area contributed by atoms with E-state index in [9.17, 15) is 12.8 Å². The van der Waals surface area contributed by atoms with E-state index in [1.165, 1.54) is 36.7 Å². The van der Waals surface area contributed by atoms with E-state index in [-0.39, 0.29) is 15.6 Å². The van der Waals surface area contributed by atoms with Crippen LogP contribution >= 0.6 is 11.6 Å². The average molecular weight is 463 g/mol. The largest absolute Gasteiger partial charge is 0.384 e. The monoisotopic (exact) mass is 462 g/mol. The first kappa shape index (κ1) is 20.7. The summed E-state index contributed by atoms with van der Waals surface area (Å²) in [5.41, 5.74) is 5.29. The van der Waals surface area contributed by atoms with Gasteiger partial charge in [-0.15, -0.1) is 5.10 Å². The number of nitrogens with two attached hydrogens (primary N) is 1. The molecule has 4 aromatic rings. The molecule has 2 aromatic carbocycles. The molecule has 31 heavy (non-hydrogen) atoms. The van der Waals surface area contributed by atoms with Crippen molar-refractivity contribution >= 4 is 33.1 Å². The van der Waals surface area contributed by atoms with E-state index in [0.29, 0.717) is 11.4 Å². The van der Waals surface area contributed by atoms with Gasteiger partial charge in [-0.3, -0.25) is 4.72 Å². The Bertz CT molecular complexity index is 1380. The van der Waals surface area contributed by atoms with Crippen molar-refractivity contribution in [3.05, 3.63) is 77.6 Å². The van der Waals surface area contributed by atoms with Gasteiger partial charge in [0, 0.05) is 16.8 Å². The number of sulfonamides is 1. The van der Waals surface area contributed by atoms with Gasteiger partial charge in [0.2, 0.25) is 0 Å². The quantitative estimate of drug-likeness (QED) is 0.467. The summed E-state index contributed by atoms with van der Waals surface area (Å²) in [6.07, 6.45) is 2.72. The van der Waals surface area contributed by atoms with Crippen LogP contribution in [0.5, 0.6) is 0 Å². The van der Waals surface area contributed by atoms with Crippen molar-refractivity contribution in [3.8, 4) is 16.9 Å². The number of hydrogen-bond donors (Lipinski definition) is 2. The number of nitrogens with zero attached hydrogens (tertiary/aromatic N) is 4. The van der Waals surface area contributed by atoms with Crippen molar-refractivity contribution in [1.82, 2.24) is 20.0 Å². The molecule has 0 bridgehead atoms. The number of aromatic nitrogens is 4. The SMILES string of the molecule is Nc1ccc(-c2cn(-c3c(F)ccc(NS(=O)(=O)c4cccc(Cl)c4)c3F)nn2)cn1. The van der Waals surface area contributed by atoms with Gasteiger partial charge in [0.05, 0.1) is 16.8 Å². The van der Waals surface area contributed by atoms with Crippen molar-refractivity contribution < 1.29 is 17.2 Å². The predicted molar refractivity (Wildman–Crippen MR) is 111 cm³/mol. The van der Waals surface area contributed by atoms with Gasteiger partial charge in [0.25, 0.3) is 10.0 Å². The van der Waals surface area contributed by atoms with Crippen molar-refractivity contribution in [2.75, 3.05) is 10.5 Å². The van der Waals surface area contributed by atoms with Crippen LogP contribution in [0.3, 0.4) is 0 Å². The van der Waals surface area contributed by atoms with E-state index in [2.05, 4.69) is 20.0 Å². The van der Waals surface area contributed by atoms with E-state index in [1.54, 1.807) is 12.1 Å². The van der Waals surface area contributed by atoms with Crippen LogP contribution in [0.25, 0.3) is 16.9 Å². The molecule has 0 amide bonds. The van der Waals surface area contributed by atoms with Crippen LogP contribution in [0.1, 0.15) is 0 Å². The van der Waals surface area contributed by atoms with Gasteiger partial charge in [-0.2, -0.15) is 0 Å². The molecular weight excluding hydrogens is 450 g/mol. The van der Waals surface area contributed by atoms with E-state index < -0.39 is 33.0 Å². The molecule has 0 fully saturated rings. The van der Waals surface area contributed by atoms with Crippen molar-refractivity contribution in [2.45, 2.75) is 4.90 Å². The van der Waals surface area contributed by atoms with Crippen LogP contribution in [-0.2, 0) is 10.0 Å². The second kappa shape index (κ2) is 7.93. The number of hydrogen-bond acceptors (Lipinski definition) is 6. The maximum Gasteiger partial charge on any atom is 0.262 e. The molecule has 0 radical (unpaired) electrons. The van der Waals surface area contributed by atoms with Crippen LogP contribution in [0.4, 0.5) is 20.3 Å². The Morgan fingerprint density at radius 1 is 1.10 bits per heavy atom. The number of nitrogens with one attached hydrogen (secondary N) is 1. The molecule has 12 heteroatoms. The molecule has 0 aliphatic carbocycles. The van der Waals surface area contributed by atoms with Crippen molar-refractivity contribution in [1.29, 1.82) is 0 Å². The summed E-state index contributed by atoms with van der Waals surface area (Å²) in [5, 5.41) is 7.82. The Hall–Kier alpha value is -3.57. The zero-order valence-electron chi connectivity index (χ0n) is 15.5. The summed E-state index contributed by atoms with van der Waals surface area (Å²) in [4.78, 5) is 3.75. The lowest BCUT2D eigenvalue weighted by molar-refractivity contribution is 0.558. The van der Waals surface area contributed by atoms with Crippen LogP contribution in [0, 0.1) is 11.6 Å². The molecule has 0 atom stereocenters. The summed E-state index contributed by atoms with van der Waals surface area (Å²) in [6.45, 7) is 0. The summed E-state index contributed by atoms with van der Waals surface area (Å²) in [6, 6.07) is 10.5. The highest BCUT2D eigenvalue weighted by molar-refractivity contribution is 7.92. The van der Waals surface area contributed by atoms with E-state index in [4.69, 9.17) is 17.3 Å². The highest BCUT2D eigenvalue weighted by Crippen LogP contribution is 2.28. The molecule has 8 nitrogen and oxygen atoms in total. The minimum Gasteiger partial charge on any atom is -0.384 e. The summed E-state index contributed by atoms with van der Waals surface area (Å²) >= 11 is 5.83. The summed E-state index contributed by atoms with van der Waals surface area (Å²) in [7, 11) is -4.17. The smallest absolute Gasteiger partial charge is 0.262 e. The maximum atomic E-state index is 15.1. The molecule has 0 saturated heterocycles. The first-order chi connectivity index (χ1) is 14.7. The minimum atomic E-state index is -4.17. The van der Waals surface area contributed by atoms with Crippen LogP contribution in [0.2, 0.25) is 5.02 Å². The van der Waals surface area contributed by atoms with Crippen molar-refractivity contribution in [3.63, 3.8) is 0 Å². The topological polar surface area (TPSA) is 116 Å². The number of benzene rings is 2. The molecule has 4 rings (SSSR count). The molecule has 2 aromatic heterocycles. The highest BCUT2D eigenvalue weighted by Gasteiger charge is 2.22. The highest BCUT2D eigenvalue weighted by atomic mass is 35.5. The number of pyridine rings is 1. The Labute approximate surface area is 180 Å². The second-order valence-electron chi connectivity index (χ2n) is 6.34. The molecule has 158 valence electrons. The Kier molecular flexibility index (Phi) is 5.29. The number of rotatable bonds is 5. The Morgan fingerprint density at radius 3 is 2.61 bits per heavy atom. The fourth-order valence-corrected chi connectivity index (χ4v) is 4.09. The Morgan fingerprint density at radius 2 is 1.90 bits per heavy atom. The van der Waals surface area contributed by atoms with Crippen molar-refractivity contribution in [2.24, 2.45) is 0 Å². The van der Waals surface area contributed by atoms with E-state index in [0.717, 1.165) is 16.8 Å². The van der Waals surface area contributed by atoms with E-state index in [1.807, 2.05) is 0 Å². The molecule has 0 aliphatic heterocycles. The van der Waals surface area contributed by atoms with E-state index >= 15 is 4.39 Å². The third-order valence-corrected chi connectivity index (χ3v) is 5.82. The number of anilines is 2. The first-order valence-electron chi connectivity index (χ1n) is 8.65. The first-order valence-corrected chi connectivity index (χ1v) is 10.5. The normalized spacial score (nSPS) is 11.5. The lowest BCUT2D eigenvalue weighted by atomic mass is 10.2. The molecule has 0 spiro atoms. The third-order valence-electron chi connectivity index (χ3n) is 4.22. The third kappa shape index (κ3) is 4.18. The lowest BCUT2D eigenvalue weighted by Gasteiger charge is -2.12. The molecule has 0 unspecified atom stereocenters. The standard InChI is InChI=1S/C19H13ClF2N6O2S/c20-12-2-1-3-13(8-12)31(29,30)26-15-6-5-14(21)19(18(15)22)28-10-16(25-27-28)11-4-7-17(23)24-9-11/h1-10,26H,(H2,23,24). The Balaban J connectivity index is 1.71. The number of nitrogen functional groups attached to an aromatic ring is 1. The fraction of sp³-hybridized carbons (Fsp3) is 0. The molecule has 3 N–H and O–H groups in total. The van der Waals surface area contributed by atoms with Gasteiger partial charge < -0.3 is 5.73 Å². The second-order valence-corrected chi connectivity index (χ2v) is 8.46. The van der Waals surface area contributed by atoms with Gasteiger partial charge >= 0.3 is 0 Å². The molecule has 2 heterocycles. The zero-order chi connectivity index (χ0) is 22.2. The van der Waals surface area contributed by atoms with Gasteiger partial charge in [0.1, 0.15) is 17.2 Å².